The summed E-state index contributed by atoms with van der Waals surface area (Å²) in [6.07, 6.45) is 0.359. The molecule has 0 amide bonds. The highest BCUT2D eigenvalue weighted by Crippen LogP contribution is 2.35. The van der Waals surface area contributed by atoms with Gasteiger partial charge < -0.3 is 5.11 Å². The lowest BCUT2D eigenvalue weighted by molar-refractivity contribution is -0.144. The Morgan fingerprint density at radius 3 is 2.70 bits per heavy atom. The van der Waals surface area contributed by atoms with Crippen molar-refractivity contribution in [1.29, 1.82) is 0 Å². The maximum absolute atomic E-state index is 12.1. The minimum atomic E-state index is -1.23. The number of rotatable bonds is 1. The molecule has 1 fully saturated rings. The summed E-state index contributed by atoms with van der Waals surface area (Å²) in [5, 5.41) is 12.5. The first kappa shape index (κ1) is 13.3. The number of hydrogen-bond acceptors (Lipinski definition) is 3. The normalized spacial score (nSPS) is 27.9. The van der Waals surface area contributed by atoms with Crippen LogP contribution in [0.3, 0.4) is 0 Å². The van der Waals surface area contributed by atoms with Crippen molar-refractivity contribution in [2.24, 2.45) is 0 Å². The Labute approximate surface area is 118 Å². The van der Waals surface area contributed by atoms with E-state index in [0.29, 0.717) is 13.0 Å². The van der Waals surface area contributed by atoms with Crippen LogP contribution in [0.4, 0.5) is 0 Å². The fourth-order valence-electron chi connectivity index (χ4n) is 3.12. The molecule has 1 aliphatic rings. The SMILES string of the molecule is CN1C[C@@](C)(O)C(=O)C[C@H]1c1cccc2ccccc12. The fraction of sp³-hybridized carbons (Fsp3) is 0.353. The van der Waals surface area contributed by atoms with Gasteiger partial charge in [0.05, 0.1) is 0 Å². The summed E-state index contributed by atoms with van der Waals surface area (Å²) in [5.74, 6) is -0.0754. The Morgan fingerprint density at radius 1 is 1.20 bits per heavy atom. The third-order valence-corrected chi connectivity index (χ3v) is 4.25. The second-order valence-corrected chi connectivity index (χ2v) is 5.90. The first-order chi connectivity index (χ1) is 9.49. The van der Waals surface area contributed by atoms with Gasteiger partial charge in [0.25, 0.3) is 0 Å². The highest BCUT2D eigenvalue weighted by molar-refractivity contribution is 5.90. The van der Waals surface area contributed by atoms with E-state index >= 15 is 0 Å². The number of hydrogen-bond donors (Lipinski definition) is 1. The quantitative estimate of drug-likeness (QED) is 0.865. The lowest BCUT2D eigenvalue weighted by atomic mass is 9.85. The van der Waals surface area contributed by atoms with Crippen molar-refractivity contribution in [3.63, 3.8) is 0 Å². The van der Waals surface area contributed by atoms with Gasteiger partial charge in [-0.3, -0.25) is 9.69 Å². The van der Waals surface area contributed by atoms with Crippen LogP contribution in [0.2, 0.25) is 0 Å². The number of likely N-dealkylation sites (tertiary alicyclic amines) is 1. The second-order valence-electron chi connectivity index (χ2n) is 5.90. The van der Waals surface area contributed by atoms with Crippen molar-refractivity contribution < 1.29 is 9.90 Å². The maximum atomic E-state index is 12.1. The molecule has 1 N–H and O–H groups in total. The van der Waals surface area contributed by atoms with E-state index in [2.05, 4.69) is 29.2 Å². The summed E-state index contributed by atoms with van der Waals surface area (Å²) in [6.45, 7) is 1.98. The Bertz CT molecular complexity index is 658. The van der Waals surface area contributed by atoms with E-state index in [1.54, 1.807) is 6.92 Å². The largest absolute Gasteiger partial charge is 0.381 e. The van der Waals surface area contributed by atoms with E-state index in [9.17, 15) is 9.90 Å². The molecule has 1 heterocycles. The molecule has 20 heavy (non-hydrogen) atoms. The van der Waals surface area contributed by atoms with Gasteiger partial charge in [0.1, 0.15) is 5.60 Å². The topological polar surface area (TPSA) is 40.5 Å². The number of β-amino-alcohol motifs (C(OH)–C–C–N with tert-alkyl or cyclic N) is 1. The second kappa shape index (κ2) is 4.69. The number of aliphatic hydroxyl groups is 1. The number of nitrogens with zero attached hydrogens (tertiary/aromatic N) is 1. The highest BCUT2D eigenvalue weighted by atomic mass is 16.3. The molecule has 0 aromatic heterocycles. The van der Waals surface area contributed by atoms with Crippen LogP contribution in [0.25, 0.3) is 10.8 Å². The van der Waals surface area contributed by atoms with Gasteiger partial charge in [0.2, 0.25) is 0 Å². The van der Waals surface area contributed by atoms with Crippen molar-refractivity contribution in [1.82, 2.24) is 4.90 Å². The standard InChI is InChI=1S/C17H19NO2/c1-17(20)11-18(2)15(10-16(17)19)14-9-5-7-12-6-3-4-8-13(12)14/h3-9,15,20H,10-11H2,1-2H3/t15-,17+/m0/s1. The third-order valence-electron chi connectivity index (χ3n) is 4.25. The van der Waals surface area contributed by atoms with Gasteiger partial charge in [-0.05, 0) is 30.3 Å². The number of likely N-dealkylation sites (N-methyl/N-ethyl adjacent to an activating group) is 1. The molecule has 1 saturated heterocycles. The summed E-state index contributed by atoms with van der Waals surface area (Å²) in [6, 6.07) is 14.4. The van der Waals surface area contributed by atoms with Gasteiger partial charge in [-0.2, -0.15) is 0 Å². The Balaban J connectivity index is 2.05. The molecule has 2 atom stereocenters. The van der Waals surface area contributed by atoms with Crippen LogP contribution >= 0.6 is 0 Å². The van der Waals surface area contributed by atoms with Crippen molar-refractivity contribution in [3.8, 4) is 0 Å². The zero-order valence-corrected chi connectivity index (χ0v) is 11.8. The molecule has 2 aromatic carbocycles. The fourth-order valence-corrected chi connectivity index (χ4v) is 3.12. The molecular weight excluding hydrogens is 250 g/mol. The molecule has 104 valence electrons. The lowest BCUT2D eigenvalue weighted by Gasteiger charge is -2.40. The van der Waals surface area contributed by atoms with Gasteiger partial charge in [-0.1, -0.05) is 42.5 Å². The molecule has 0 unspecified atom stereocenters. The van der Waals surface area contributed by atoms with E-state index < -0.39 is 5.60 Å². The molecule has 0 bridgehead atoms. The van der Waals surface area contributed by atoms with Crippen molar-refractivity contribution in [3.05, 3.63) is 48.0 Å². The Kier molecular flexibility index (Phi) is 3.11. The molecule has 3 rings (SSSR count). The highest BCUT2D eigenvalue weighted by Gasteiger charge is 2.40. The average molecular weight is 269 g/mol. The zero-order valence-electron chi connectivity index (χ0n) is 11.8. The lowest BCUT2D eigenvalue weighted by Crippen LogP contribution is -2.52. The van der Waals surface area contributed by atoms with Gasteiger partial charge in [-0.15, -0.1) is 0 Å². The average Bonchev–Trinajstić information content (AvgIpc) is 2.42. The summed E-state index contributed by atoms with van der Waals surface area (Å²) in [4.78, 5) is 14.2. The van der Waals surface area contributed by atoms with Crippen LogP contribution in [-0.2, 0) is 4.79 Å². The molecule has 3 heteroatoms. The molecule has 3 nitrogen and oxygen atoms in total. The van der Waals surface area contributed by atoms with E-state index in [1.165, 1.54) is 10.8 Å². The van der Waals surface area contributed by atoms with Crippen LogP contribution in [0.5, 0.6) is 0 Å². The number of piperidine rings is 1. The molecule has 0 radical (unpaired) electrons. The van der Waals surface area contributed by atoms with E-state index in [4.69, 9.17) is 0 Å². The number of carbonyl (C=O) groups is 1. The smallest absolute Gasteiger partial charge is 0.167 e. The number of benzene rings is 2. The molecule has 2 aromatic rings. The molecule has 0 aliphatic carbocycles. The minimum absolute atomic E-state index is 0.0359. The number of carbonyl (C=O) groups excluding carboxylic acids is 1. The first-order valence-corrected chi connectivity index (χ1v) is 6.92. The van der Waals surface area contributed by atoms with Gasteiger partial charge >= 0.3 is 0 Å². The van der Waals surface area contributed by atoms with Gasteiger partial charge in [0.15, 0.2) is 5.78 Å². The summed E-state index contributed by atoms with van der Waals surface area (Å²) in [7, 11) is 1.97. The predicted molar refractivity (Wildman–Crippen MR) is 79.6 cm³/mol. The summed E-state index contributed by atoms with van der Waals surface area (Å²) < 4.78 is 0. The zero-order chi connectivity index (χ0) is 14.3. The van der Waals surface area contributed by atoms with Crippen LogP contribution < -0.4 is 0 Å². The van der Waals surface area contributed by atoms with Crippen molar-refractivity contribution in [2.75, 3.05) is 13.6 Å². The minimum Gasteiger partial charge on any atom is -0.381 e. The summed E-state index contributed by atoms with van der Waals surface area (Å²) in [5.41, 5.74) is -0.0648. The molecule has 0 saturated carbocycles. The van der Waals surface area contributed by atoms with Gasteiger partial charge in [-0.25, -0.2) is 0 Å². The van der Waals surface area contributed by atoms with Crippen LogP contribution in [-0.4, -0.2) is 35.0 Å². The third kappa shape index (κ3) is 2.13. The van der Waals surface area contributed by atoms with E-state index in [-0.39, 0.29) is 11.8 Å². The maximum Gasteiger partial charge on any atom is 0.167 e. The van der Waals surface area contributed by atoms with Crippen LogP contribution in [0.1, 0.15) is 24.9 Å². The van der Waals surface area contributed by atoms with Crippen molar-refractivity contribution in [2.45, 2.75) is 25.0 Å². The predicted octanol–water partition coefficient (Wildman–Crippen LogP) is 2.54. The number of fused-ring (bicyclic) bond motifs is 1. The Morgan fingerprint density at radius 2 is 1.90 bits per heavy atom. The van der Waals surface area contributed by atoms with E-state index in [1.807, 2.05) is 25.2 Å². The first-order valence-electron chi connectivity index (χ1n) is 6.92. The van der Waals surface area contributed by atoms with Crippen LogP contribution in [0, 0.1) is 0 Å². The van der Waals surface area contributed by atoms with E-state index in [0.717, 1.165) is 5.56 Å². The molecular formula is C17H19NO2. The Hall–Kier alpha value is -1.71. The molecule has 0 spiro atoms. The monoisotopic (exact) mass is 269 g/mol. The van der Waals surface area contributed by atoms with Crippen molar-refractivity contribution >= 4 is 16.6 Å². The summed E-state index contributed by atoms with van der Waals surface area (Å²) >= 11 is 0. The van der Waals surface area contributed by atoms with Crippen LogP contribution in [0.15, 0.2) is 42.5 Å². The number of Topliss-reactive ketones (excluding diaryl/α,β-unsaturated/α-hetero) is 1. The number of ketones is 1. The molecule has 1 aliphatic heterocycles. The van der Waals surface area contributed by atoms with Gasteiger partial charge in [0, 0.05) is 19.0 Å².